The minimum atomic E-state index is 0.184. The molecule has 3 nitrogen and oxygen atoms in total. The van der Waals surface area contributed by atoms with Crippen LogP contribution in [-0.4, -0.2) is 25.5 Å². The Hall–Kier alpha value is -1.35. The van der Waals surface area contributed by atoms with E-state index in [-0.39, 0.29) is 5.78 Å². The molecule has 0 aliphatic heterocycles. The summed E-state index contributed by atoms with van der Waals surface area (Å²) < 4.78 is 5.03. The van der Waals surface area contributed by atoms with Gasteiger partial charge in [0.2, 0.25) is 0 Å². The summed E-state index contributed by atoms with van der Waals surface area (Å²) >= 11 is 0. The van der Waals surface area contributed by atoms with Gasteiger partial charge in [-0.05, 0) is 37.6 Å². The Balaban J connectivity index is 2.53. The van der Waals surface area contributed by atoms with Gasteiger partial charge < -0.3 is 10.1 Å². The fourth-order valence-corrected chi connectivity index (χ4v) is 1.61. The van der Waals surface area contributed by atoms with Gasteiger partial charge in [0.15, 0.2) is 5.78 Å². The highest BCUT2D eigenvalue weighted by Crippen LogP contribution is 2.13. The van der Waals surface area contributed by atoms with Crippen molar-refractivity contribution in [3.63, 3.8) is 0 Å². The number of ether oxygens (including phenoxy) is 1. The van der Waals surface area contributed by atoms with E-state index >= 15 is 0 Å². The van der Waals surface area contributed by atoms with Crippen LogP contribution in [-0.2, 0) is 4.74 Å². The highest BCUT2D eigenvalue weighted by Gasteiger charge is 2.04. The largest absolute Gasteiger partial charge is 0.385 e. The first-order valence-corrected chi connectivity index (χ1v) is 6.06. The normalized spacial score (nSPS) is 12.2. The summed E-state index contributed by atoms with van der Waals surface area (Å²) in [6.07, 6.45) is 1.52. The van der Waals surface area contributed by atoms with Gasteiger partial charge in [0.1, 0.15) is 0 Å². The lowest BCUT2D eigenvalue weighted by Gasteiger charge is -2.14. The van der Waals surface area contributed by atoms with Crippen LogP contribution in [0.3, 0.4) is 0 Å². The van der Waals surface area contributed by atoms with E-state index in [9.17, 15) is 4.79 Å². The van der Waals surface area contributed by atoms with Crippen LogP contribution >= 0.6 is 0 Å². The van der Waals surface area contributed by atoms with Crippen molar-refractivity contribution < 1.29 is 9.53 Å². The number of ketones is 1. The third-order valence-corrected chi connectivity index (χ3v) is 2.70. The molecule has 1 rings (SSSR count). The fourth-order valence-electron chi connectivity index (χ4n) is 1.61. The summed E-state index contributed by atoms with van der Waals surface area (Å²) in [5.41, 5.74) is 1.82. The number of hydrogen-bond acceptors (Lipinski definition) is 3. The molecule has 0 amide bonds. The number of anilines is 1. The summed E-state index contributed by atoms with van der Waals surface area (Å²) in [4.78, 5) is 11.5. The van der Waals surface area contributed by atoms with Gasteiger partial charge in [-0.15, -0.1) is 0 Å². The number of Topliss-reactive ketones (excluding diaryl/α,β-unsaturated/α-hetero) is 1. The molecule has 1 atom stereocenters. The molecule has 0 radical (unpaired) electrons. The smallest absolute Gasteiger partial charge is 0.162 e. The molecular formula is C14H21NO2. The number of methoxy groups -OCH3 is 1. The standard InChI is InChI=1S/C14H21NO2/c1-4-14(16)12-5-7-13(8-6-12)15-11(2)9-10-17-3/h5-8,11,15H,4,9-10H2,1-3H3. The molecular weight excluding hydrogens is 214 g/mol. The first-order valence-electron chi connectivity index (χ1n) is 6.06. The van der Waals surface area contributed by atoms with Crippen LogP contribution in [0.25, 0.3) is 0 Å². The summed E-state index contributed by atoms with van der Waals surface area (Å²) in [6, 6.07) is 8.01. The number of hydrogen-bond donors (Lipinski definition) is 1. The predicted molar refractivity (Wildman–Crippen MR) is 70.6 cm³/mol. The van der Waals surface area contributed by atoms with Crippen molar-refractivity contribution in [1.82, 2.24) is 0 Å². The lowest BCUT2D eigenvalue weighted by atomic mass is 10.1. The molecule has 1 unspecified atom stereocenters. The Kier molecular flexibility index (Phi) is 5.70. The van der Waals surface area contributed by atoms with Crippen molar-refractivity contribution in [2.75, 3.05) is 19.0 Å². The lowest BCUT2D eigenvalue weighted by Crippen LogP contribution is -2.17. The minimum Gasteiger partial charge on any atom is -0.385 e. The van der Waals surface area contributed by atoms with Crippen LogP contribution < -0.4 is 5.32 Å². The number of benzene rings is 1. The average molecular weight is 235 g/mol. The van der Waals surface area contributed by atoms with E-state index < -0.39 is 0 Å². The molecule has 17 heavy (non-hydrogen) atoms. The van der Waals surface area contributed by atoms with Crippen LogP contribution in [0.5, 0.6) is 0 Å². The van der Waals surface area contributed by atoms with Crippen molar-refractivity contribution in [1.29, 1.82) is 0 Å². The second kappa shape index (κ2) is 7.07. The van der Waals surface area contributed by atoms with Gasteiger partial charge in [-0.3, -0.25) is 4.79 Å². The third-order valence-electron chi connectivity index (χ3n) is 2.70. The number of carbonyl (C=O) groups excluding carboxylic acids is 1. The molecule has 0 saturated carbocycles. The van der Waals surface area contributed by atoms with Crippen molar-refractivity contribution in [3.05, 3.63) is 29.8 Å². The first kappa shape index (κ1) is 13.7. The van der Waals surface area contributed by atoms with E-state index in [0.717, 1.165) is 24.3 Å². The van der Waals surface area contributed by atoms with Crippen molar-refractivity contribution in [3.8, 4) is 0 Å². The van der Waals surface area contributed by atoms with Crippen molar-refractivity contribution >= 4 is 11.5 Å². The topological polar surface area (TPSA) is 38.3 Å². The Morgan fingerprint density at radius 1 is 1.35 bits per heavy atom. The van der Waals surface area contributed by atoms with Gasteiger partial charge in [-0.25, -0.2) is 0 Å². The molecule has 0 aromatic heterocycles. The maximum atomic E-state index is 11.5. The maximum absolute atomic E-state index is 11.5. The average Bonchev–Trinajstić information content (AvgIpc) is 2.36. The zero-order chi connectivity index (χ0) is 12.7. The second-order valence-electron chi connectivity index (χ2n) is 4.18. The first-order chi connectivity index (χ1) is 8.17. The molecule has 0 heterocycles. The molecule has 1 aromatic carbocycles. The van der Waals surface area contributed by atoms with E-state index in [0.29, 0.717) is 12.5 Å². The molecule has 0 spiro atoms. The zero-order valence-corrected chi connectivity index (χ0v) is 10.8. The Morgan fingerprint density at radius 3 is 2.53 bits per heavy atom. The van der Waals surface area contributed by atoms with Crippen LogP contribution in [0, 0.1) is 0 Å². The Morgan fingerprint density at radius 2 is 2.00 bits per heavy atom. The molecule has 0 bridgehead atoms. The van der Waals surface area contributed by atoms with Gasteiger partial charge in [-0.1, -0.05) is 6.92 Å². The molecule has 0 fully saturated rings. The summed E-state index contributed by atoms with van der Waals surface area (Å²) in [6.45, 7) is 4.74. The minimum absolute atomic E-state index is 0.184. The summed E-state index contributed by atoms with van der Waals surface area (Å²) in [5, 5.41) is 3.37. The molecule has 0 saturated heterocycles. The number of nitrogens with one attached hydrogen (secondary N) is 1. The van der Waals surface area contributed by atoms with Crippen molar-refractivity contribution in [2.24, 2.45) is 0 Å². The van der Waals surface area contributed by atoms with Crippen LogP contribution in [0.2, 0.25) is 0 Å². The van der Waals surface area contributed by atoms with Gasteiger partial charge in [0.05, 0.1) is 0 Å². The molecule has 3 heteroatoms. The molecule has 1 aromatic rings. The molecule has 0 aliphatic rings. The van der Waals surface area contributed by atoms with Gasteiger partial charge in [0.25, 0.3) is 0 Å². The molecule has 1 N–H and O–H groups in total. The van der Waals surface area contributed by atoms with Crippen molar-refractivity contribution in [2.45, 2.75) is 32.7 Å². The second-order valence-corrected chi connectivity index (χ2v) is 4.18. The summed E-state index contributed by atoms with van der Waals surface area (Å²) in [7, 11) is 1.71. The van der Waals surface area contributed by atoms with Crippen LogP contribution in [0.15, 0.2) is 24.3 Å². The van der Waals surface area contributed by atoms with Crippen LogP contribution in [0.1, 0.15) is 37.0 Å². The highest BCUT2D eigenvalue weighted by atomic mass is 16.5. The highest BCUT2D eigenvalue weighted by molar-refractivity contribution is 5.96. The van der Waals surface area contributed by atoms with Crippen LogP contribution in [0.4, 0.5) is 5.69 Å². The van der Waals surface area contributed by atoms with E-state index in [1.165, 1.54) is 0 Å². The fraction of sp³-hybridized carbons (Fsp3) is 0.500. The molecule has 94 valence electrons. The van der Waals surface area contributed by atoms with E-state index in [2.05, 4.69) is 12.2 Å². The number of carbonyl (C=O) groups is 1. The lowest BCUT2D eigenvalue weighted by molar-refractivity contribution is 0.0988. The van der Waals surface area contributed by atoms with E-state index in [4.69, 9.17) is 4.74 Å². The zero-order valence-electron chi connectivity index (χ0n) is 10.8. The quantitative estimate of drug-likeness (QED) is 0.738. The Labute approximate surface area is 103 Å². The van der Waals surface area contributed by atoms with Gasteiger partial charge in [0, 0.05) is 37.4 Å². The van der Waals surface area contributed by atoms with E-state index in [1.807, 2.05) is 31.2 Å². The third kappa shape index (κ3) is 4.57. The van der Waals surface area contributed by atoms with E-state index in [1.54, 1.807) is 7.11 Å². The SMILES string of the molecule is CCC(=O)c1ccc(NC(C)CCOC)cc1. The Bertz CT molecular complexity index is 346. The van der Waals surface area contributed by atoms with Gasteiger partial charge >= 0.3 is 0 Å². The maximum Gasteiger partial charge on any atom is 0.162 e. The molecule has 0 aliphatic carbocycles. The van der Waals surface area contributed by atoms with Gasteiger partial charge in [-0.2, -0.15) is 0 Å². The summed E-state index contributed by atoms with van der Waals surface area (Å²) in [5.74, 6) is 0.184. The number of rotatable bonds is 7. The monoisotopic (exact) mass is 235 g/mol. The predicted octanol–water partition coefficient (Wildman–Crippen LogP) is 3.12.